The highest BCUT2D eigenvalue weighted by Crippen LogP contribution is 2.35. The van der Waals surface area contributed by atoms with Crippen molar-refractivity contribution >= 4 is 45.8 Å². The first-order chi connectivity index (χ1) is 15.6. The molecule has 33 heavy (non-hydrogen) atoms. The Kier molecular flexibility index (Phi) is 7.12. The number of ketones is 1. The molecule has 3 amide bonds. The van der Waals surface area contributed by atoms with Gasteiger partial charge in [0.05, 0.1) is 28.2 Å². The zero-order valence-electron chi connectivity index (χ0n) is 19.2. The number of amides is 3. The summed E-state index contributed by atoms with van der Waals surface area (Å²) in [6.45, 7) is 8.54. The van der Waals surface area contributed by atoms with Crippen molar-refractivity contribution in [2.24, 2.45) is 5.92 Å². The normalized spacial score (nSPS) is 13.8. The molecular weight excluding hydrogens is 444 g/mol. The Hall–Kier alpha value is -3.33. The first kappa shape index (κ1) is 24.3. The van der Waals surface area contributed by atoms with Gasteiger partial charge in [-0.15, -0.1) is 11.3 Å². The molecule has 0 bridgehead atoms. The first-order valence-electron chi connectivity index (χ1n) is 10.7. The van der Waals surface area contributed by atoms with Gasteiger partial charge in [-0.05, 0) is 50.8 Å². The number of carbonyl (C=O) groups is 5. The van der Waals surface area contributed by atoms with Crippen molar-refractivity contribution in [3.63, 3.8) is 0 Å². The molecule has 0 aliphatic carbocycles. The van der Waals surface area contributed by atoms with Gasteiger partial charge in [0, 0.05) is 0 Å². The molecule has 1 aliphatic heterocycles. The summed E-state index contributed by atoms with van der Waals surface area (Å²) in [7, 11) is 0. The van der Waals surface area contributed by atoms with Crippen molar-refractivity contribution in [3.8, 4) is 0 Å². The van der Waals surface area contributed by atoms with Gasteiger partial charge in [-0.2, -0.15) is 0 Å². The molecule has 9 heteroatoms. The van der Waals surface area contributed by atoms with Crippen LogP contribution in [0.3, 0.4) is 0 Å². The number of thiophene rings is 1. The minimum atomic E-state index is -1.09. The number of carbonyl (C=O) groups excluding carboxylic acids is 5. The van der Waals surface area contributed by atoms with E-state index in [1.807, 2.05) is 13.8 Å². The summed E-state index contributed by atoms with van der Waals surface area (Å²) in [6, 6.07) is 5.35. The zero-order chi connectivity index (χ0) is 24.4. The standard InChI is InChI=1S/C24H26N2O6S/c1-6-32-24(31)18-13(4)19(14(5)27)33-21(18)25-20(28)17(11-12(2)3)26-22(29)15-9-7-8-10-16(15)23(26)30/h7-10,12,17H,6,11H2,1-5H3,(H,25,28). The van der Waals surface area contributed by atoms with Crippen LogP contribution >= 0.6 is 11.3 Å². The predicted molar refractivity (Wildman–Crippen MR) is 124 cm³/mol. The number of benzene rings is 1. The molecule has 174 valence electrons. The van der Waals surface area contributed by atoms with Crippen molar-refractivity contribution in [1.82, 2.24) is 4.90 Å². The summed E-state index contributed by atoms with van der Waals surface area (Å²) < 4.78 is 5.11. The van der Waals surface area contributed by atoms with Crippen molar-refractivity contribution in [3.05, 3.63) is 51.4 Å². The molecular formula is C24H26N2O6S. The highest BCUT2D eigenvalue weighted by atomic mass is 32.1. The van der Waals surface area contributed by atoms with E-state index in [0.29, 0.717) is 10.4 Å². The van der Waals surface area contributed by atoms with Crippen LogP contribution in [0.2, 0.25) is 0 Å². The number of esters is 1. The second kappa shape index (κ2) is 9.66. The Bertz CT molecular complexity index is 1110. The third kappa shape index (κ3) is 4.59. The van der Waals surface area contributed by atoms with E-state index in [4.69, 9.17) is 4.74 Å². The van der Waals surface area contributed by atoms with Gasteiger partial charge < -0.3 is 10.1 Å². The second-order valence-electron chi connectivity index (χ2n) is 8.20. The molecule has 0 saturated carbocycles. The number of imide groups is 1. The quantitative estimate of drug-likeness (QED) is 0.354. The van der Waals surface area contributed by atoms with Crippen molar-refractivity contribution in [2.75, 3.05) is 11.9 Å². The number of Topliss-reactive ketones (excluding diaryl/α,β-unsaturated/α-hetero) is 1. The number of fused-ring (bicyclic) bond motifs is 1. The number of anilines is 1. The molecule has 2 heterocycles. The van der Waals surface area contributed by atoms with E-state index >= 15 is 0 Å². The van der Waals surface area contributed by atoms with Gasteiger partial charge in [-0.25, -0.2) is 4.79 Å². The van der Waals surface area contributed by atoms with Crippen LogP contribution in [0.4, 0.5) is 5.00 Å². The molecule has 8 nitrogen and oxygen atoms in total. The van der Waals surface area contributed by atoms with E-state index in [1.165, 1.54) is 6.92 Å². The average Bonchev–Trinajstić information content (AvgIpc) is 3.20. The molecule has 1 unspecified atom stereocenters. The monoisotopic (exact) mass is 470 g/mol. The maximum atomic E-state index is 13.4. The van der Waals surface area contributed by atoms with Crippen molar-refractivity contribution in [1.29, 1.82) is 0 Å². The molecule has 2 aromatic rings. The number of hydrogen-bond donors (Lipinski definition) is 1. The number of nitrogens with one attached hydrogen (secondary N) is 1. The molecule has 1 atom stereocenters. The van der Waals surface area contributed by atoms with Gasteiger partial charge in [-0.1, -0.05) is 26.0 Å². The van der Waals surface area contributed by atoms with Crippen LogP contribution in [-0.4, -0.2) is 47.0 Å². The van der Waals surface area contributed by atoms with E-state index in [0.717, 1.165) is 16.2 Å². The Balaban J connectivity index is 1.99. The summed E-state index contributed by atoms with van der Waals surface area (Å²) in [5.74, 6) is -2.59. The van der Waals surface area contributed by atoms with Gasteiger partial charge in [0.25, 0.3) is 11.8 Å². The number of nitrogens with zero attached hydrogens (tertiary/aromatic N) is 1. The lowest BCUT2D eigenvalue weighted by molar-refractivity contribution is -0.120. The van der Waals surface area contributed by atoms with Crippen LogP contribution in [0.25, 0.3) is 0 Å². The smallest absolute Gasteiger partial charge is 0.341 e. The summed E-state index contributed by atoms with van der Waals surface area (Å²) >= 11 is 0.974. The SMILES string of the molecule is CCOC(=O)c1c(NC(=O)C(CC(C)C)N2C(=O)c3ccccc3C2=O)sc(C(C)=O)c1C. The number of rotatable bonds is 8. The number of ether oxygens (including phenoxy) is 1. The van der Waals surface area contributed by atoms with Crippen LogP contribution in [0.1, 0.15) is 80.4 Å². The maximum absolute atomic E-state index is 13.4. The van der Waals surface area contributed by atoms with Gasteiger partial charge in [0.15, 0.2) is 5.78 Å². The Morgan fingerprint density at radius 2 is 1.67 bits per heavy atom. The zero-order valence-corrected chi connectivity index (χ0v) is 20.0. The summed E-state index contributed by atoms with van der Waals surface area (Å²) in [5.41, 5.74) is 1.03. The molecule has 0 saturated heterocycles. The molecule has 0 fully saturated rings. The van der Waals surface area contributed by atoms with Crippen LogP contribution in [-0.2, 0) is 9.53 Å². The lowest BCUT2D eigenvalue weighted by Crippen LogP contribution is -2.48. The molecule has 0 spiro atoms. The Morgan fingerprint density at radius 1 is 1.09 bits per heavy atom. The van der Waals surface area contributed by atoms with Crippen LogP contribution in [0, 0.1) is 12.8 Å². The summed E-state index contributed by atoms with van der Waals surface area (Å²) in [4.78, 5) is 65.3. The Morgan fingerprint density at radius 3 is 2.15 bits per heavy atom. The second-order valence-corrected chi connectivity index (χ2v) is 9.22. The van der Waals surface area contributed by atoms with Gasteiger partial charge in [-0.3, -0.25) is 24.1 Å². The van der Waals surface area contributed by atoms with Crippen LogP contribution < -0.4 is 5.32 Å². The first-order valence-corrected chi connectivity index (χ1v) is 11.5. The summed E-state index contributed by atoms with van der Waals surface area (Å²) in [6.07, 6.45) is 0.232. The molecule has 1 aliphatic rings. The number of hydrogen-bond acceptors (Lipinski definition) is 7. The fraction of sp³-hybridized carbons (Fsp3) is 0.375. The van der Waals surface area contributed by atoms with Gasteiger partial charge in [0.2, 0.25) is 5.91 Å². The molecule has 0 radical (unpaired) electrons. The predicted octanol–water partition coefficient (Wildman–Crippen LogP) is 4.09. The third-order valence-electron chi connectivity index (χ3n) is 5.32. The fourth-order valence-electron chi connectivity index (χ4n) is 3.85. The van der Waals surface area contributed by atoms with E-state index in [9.17, 15) is 24.0 Å². The van der Waals surface area contributed by atoms with E-state index < -0.39 is 29.7 Å². The molecule has 1 aromatic heterocycles. The lowest BCUT2D eigenvalue weighted by Gasteiger charge is -2.26. The van der Waals surface area contributed by atoms with Crippen molar-refractivity contribution < 1.29 is 28.7 Å². The minimum absolute atomic E-state index is 0.00700. The van der Waals surface area contributed by atoms with E-state index in [1.54, 1.807) is 38.1 Å². The summed E-state index contributed by atoms with van der Waals surface area (Å²) in [5, 5.41) is 2.86. The lowest BCUT2D eigenvalue weighted by atomic mass is 10.0. The Labute approximate surface area is 195 Å². The third-order valence-corrected chi connectivity index (χ3v) is 6.63. The van der Waals surface area contributed by atoms with Crippen LogP contribution in [0.15, 0.2) is 24.3 Å². The molecule has 3 rings (SSSR count). The van der Waals surface area contributed by atoms with E-state index in [2.05, 4.69) is 5.32 Å². The molecule has 1 aromatic carbocycles. The van der Waals surface area contributed by atoms with Gasteiger partial charge in [0.1, 0.15) is 11.0 Å². The molecule has 1 N–H and O–H groups in total. The largest absolute Gasteiger partial charge is 0.462 e. The topological polar surface area (TPSA) is 110 Å². The van der Waals surface area contributed by atoms with Crippen LogP contribution in [0.5, 0.6) is 0 Å². The fourth-order valence-corrected chi connectivity index (χ4v) is 4.94. The average molecular weight is 471 g/mol. The van der Waals surface area contributed by atoms with Crippen molar-refractivity contribution in [2.45, 2.75) is 47.1 Å². The maximum Gasteiger partial charge on any atom is 0.341 e. The van der Waals surface area contributed by atoms with Gasteiger partial charge >= 0.3 is 5.97 Å². The minimum Gasteiger partial charge on any atom is -0.462 e. The highest BCUT2D eigenvalue weighted by Gasteiger charge is 2.43. The van der Waals surface area contributed by atoms with E-state index in [-0.39, 0.29) is 46.4 Å². The highest BCUT2D eigenvalue weighted by molar-refractivity contribution is 7.18.